The van der Waals surface area contributed by atoms with Crippen molar-refractivity contribution in [1.82, 2.24) is 0 Å². The van der Waals surface area contributed by atoms with Gasteiger partial charge in [-0.15, -0.1) is 0 Å². The number of hydrogen-bond donors (Lipinski definition) is 2. The lowest BCUT2D eigenvalue weighted by molar-refractivity contribution is -0.114. The van der Waals surface area contributed by atoms with E-state index < -0.39 is 5.97 Å². The maximum atomic E-state index is 11.2. The predicted molar refractivity (Wildman–Crippen MR) is 83.0 cm³/mol. The van der Waals surface area contributed by atoms with Crippen LogP contribution in [0.25, 0.3) is 0 Å². The van der Waals surface area contributed by atoms with Crippen LogP contribution in [0.5, 0.6) is 0 Å². The minimum Gasteiger partial charge on any atom is -0.478 e. The molecule has 0 aliphatic carbocycles. The number of carbonyl (C=O) groups excluding carboxylic acids is 1. The van der Waals surface area contributed by atoms with Crippen LogP contribution in [0.2, 0.25) is 0 Å². The molecule has 2 rings (SSSR count). The standard InChI is InChI=1S/C16H15NO3S/c1-10-9-12(7-8-14(10)17-11(2)18)21-15-6-4-3-5-13(15)16(19)20/h3-9H,1-2H3,(H,17,18)(H,19,20). The van der Waals surface area contributed by atoms with E-state index in [0.717, 1.165) is 16.1 Å². The number of benzene rings is 2. The van der Waals surface area contributed by atoms with Gasteiger partial charge in [-0.25, -0.2) is 4.79 Å². The van der Waals surface area contributed by atoms with E-state index in [1.807, 2.05) is 31.2 Å². The molecule has 5 heteroatoms. The van der Waals surface area contributed by atoms with Gasteiger partial charge in [0.2, 0.25) is 5.91 Å². The molecule has 2 N–H and O–H groups in total. The number of anilines is 1. The minimum atomic E-state index is -0.940. The van der Waals surface area contributed by atoms with Crippen molar-refractivity contribution < 1.29 is 14.7 Å². The van der Waals surface area contributed by atoms with E-state index in [1.54, 1.807) is 18.2 Å². The van der Waals surface area contributed by atoms with Crippen LogP contribution >= 0.6 is 11.8 Å². The van der Waals surface area contributed by atoms with Gasteiger partial charge in [-0.1, -0.05) is 23.9 Å². The van der Waals surface area contributed by atoms with E-state index >= 15 is 0 Å². The summed E-state index contributed by atoms with van der Waals surface area (Å²) in [6.45, 7) is 3.36. The van der Waals surface area contributed by atoms with Gasteiger partial charge in [0.05, 0.1) is 5.56 Å². The van der Waals surface area contributed by atoms with Crippen molar-refractivity contribution in [2.45, 2.75) is 23.6 Å². The molecule has 0 unspecified atom stereocenters. The Morgan fingerprint density at radius 3 is 2.48 bits per heavy atom. The van der Waals surface area contributed by atoms with Gasteiger partial charge in [0.15, 0.2) is 0 Å². The molecular formula is C16H15NO3S. The van der Waals surface area contributed by atoms with Gasteiger partial charge >= 0.3 is 5.97 Å². The zero-order valence-electron chi connectivity index (χ0n) is 11.7. The largest absolute Gasteiger partial charge is 0.478 e. The maximum Gasteiger partial charge on any atom is 0.336 e. The van der Waals surface area contributed by atoms with E-state index in [4.69, 9.17) is 0 Å². The third-order valence-corrected chi connectivity index (χ3v) is 3.92. The lowest BCUT2D eigenvalue weighted by Crippen LogP contribution is -2.06. The van der Waals surface area contributed by atoms with Crippen molar-refractivity contribution in [2.24, 2.45) is 0 Å². The van der Waals surface area contributed by atoms with Crippen LogP contribution in [0.4, 0.5) is 5.69 Å². The van der Waals surface area contributed by atoms with Crippen LogP contribution in [-0.4, -0.2) is 17.0 Å². The van der Waals surface area contributed by atoms with Gasteiger partial charge in [0.1, 0.15) is 0 Å². The quantitative estimate of drug-likeness (QED) is 0.901. The fourth-order valence-corrected chi connectivity index (χ4v) is 2.93. The molecule has 0 spiro atoms. The first-order valence-electron chi connectivity index (χ1n) is 6.36. The monoisotopic (exact) mass is 301 g/mol. The fourth-order valence-electron chi connectivity index (χ4n) is 1.89. The highest BCUT2D eigenvalue weighted by Crippen LogP contribution is 2.32. The Morgan fingerprint density at radius 1 is 1.14 bits per heavy atom. The van der Waals surface area contributed by atoms with E-state index in [-0.39, 0.29) is 11.5 Å². The summed E-state index contributed by atoms with van der Waals surface area (Å²) in [6, 6.07) is 12.5. The highest BCUT2D eigenvalue weighted by Gasteiger charge is 2.11. The van der Waals surface area contributed by atoms with Crippen LogP contribution in [0.15, 0.2) is 52.3 Å². The molecule has 2 aromatic rings. The number of nitrogens with one attached hydrogen (secondary N) is 1. The Kier molecular flexibility index (Phi) is 4.65. The molecule has 0 heterocycles. The van der Waals surface area contributed by atoms with Gasteiger partial charge < -0.3 is 10.4 Å². The number of aryl methyl sites for hydroxylation is 1. The summed E-state index contributed by atoms with van der Waals surface area (Å²) < 4.78 is 0. The minimum absolute atomic E-state index is 0.116. The normalized spacial score (nSPS) is 10.2. The highest BCUT2D eigenvalue weighted by molar-refractivity contribution is 7.99. The Morgan fingerprint density at radius 2 is 1.86 bits per heavy atom. The Hall–Kier alpha value is -2.27. The second kappa shape index (κ2) is 6.45. The molecule has 21 heavy (non-hydrogen) atoms. The van der Waals surface area contributed by atoms with Crippen molar-refractivity contribution in [3.8, 4) is 0 Å². The van der Waals surface area contributed by atoms with Crippen molar-refractivity contribution >= 4 is 29.3 Å². The molecule has 0 saturated heterocycles. The lowest BCUT2D eigenvalue weighted by Gasteiger charge is -2.10. The van der Waals surface area contributed by atoms with E-state index in [1.165, 1.54) is 18.7 Å². The molecule has 0 radical (unpaired) electrons. The third kappa shape index (κ3) is 3.86. The molecule has 1 amide bonds. The smallest absolute Gasteiger partial charge is 0.336 e. The average molecular weight is 301 g/mol. The number of carboxylic acid groups (broad SMARTS) is 1. The van der Waals surface area contributed by atoms with E-state index in [9.17, 15) is 14.7 Å². The molecule has 2 aromatic carbocycles. The molecule has 0 atom stereocenters. The first kappa shape index (κ1) is 15.1. The molecule has 0 aromatic heterocycles. The molecular weight excluding hydrogens is 286 g/mol. The third-order valence-electron chi connectivity index (χ3n) is 2.85. The summed E-state index contributed by atoms with van der Waals surface area (Å²) in [7, 11) is 0. The maximum absolute atomic E-state index is 11.2. The number of aromatic carboxylic acids is 1. The molecule has 0 fully saturated rings. The van der Waals surface area contributed by atoms with Crippen LogP contribution in [0.3, 0.4) is 0 Å². The number of amides is 1. The van der Waals surface area contributed by atoms with E-state index in [2.05, 4.69) is 5.32 Å². The average Bonchev–Trinajstić information content (AvgIpc) is 2.42. The SMILES string of the molecule is CC(=O)Nc1ccc(Sc2ccccc2C(=O)O)cc1C. The summed E-state index contributed by atoms with van der Waals surface area (Å²) in [4.78, 5) is 23.9. The van der Waals surface area contributed by atoms with Gasteiger partial charge in [-0.3, -0.25) is 4.79 Å². The van der Waals surface area contributed by atoms with Crippen LogP contribution < -0.4 is 5.32 Å². The van der Waals surface area contributed by atoms with Gasteiger partial charge in [-0.2, -0.15) is 0 Å². The molecule has 0 aliphatic rings. The summed E-state index contributed by atoms with van der Waals surface area (Å²) in [5, 5.41) is 11.9. The Balaban J connectivity index is 2.27. The van der Waals surface area contributed by atoms with Crippen molar-refractivity contribution in [2.75, 3.05) is 5.32 Å². The van der Waals surface area contributed by atoms with E-state index in [0.29, 0.717) is 4.90 Å². The van der Waals surface area contributed by atoms with Gasteiger partial charge in [0.25, 0.3) is 0 Å². The topological polar surface area (TPSA) is 66.4 Å². The first-order chi connectivity index (χ1) is 9.97. The van der Waals surface area contributed by atoms with Crippen LogP contribution in [0.1, 0.15) is 22.8 Å². The van der Waals surface area contributed by atoms with Crippen LogP contribution in [0, 0.1) is 6.92 Å². The fraction of sp³-hybridized carbons (Fsp3) is 0.125. The number of hydrogen-bond acceptors (Lipinski definition) is 3. The van der Waals surface area contributed by atoms with Crippen molar-refractivity contribution in [1.29, 1.82) is 0 Å². The second-order valence-corrected chi connectivity index (χ2v) is 5.68. The molecule has 0 aliphatic heterocycles. The van der Waals surface area contributed by atoms with Gasteiger partial charge in [-0.05, 0) is 42.8 Å². The van der Waals surface area contributed by atoms with Gasteiger partial charge in [0, 0.05) is 22.4 Å². The second-order valence-electron chi connectivity index (χ2n) is 4.56. The number of carboxylic acids is 1. The molecule has 0 saturated carbocycles. The Bertz CT molecular complexity index is 698. The molecule has 0 bridgehead atoms. The number of rotatable bonds is 4. The van der Waals surface area contributed by atoms with Crippen LogP contribution in [-0.2, 0) is 4.79 Å². The highest BCUT2D eigenvalue weighted by atomic mass is 32.2. The summed E-state index contributed by atoms with van der Waals surface area (Å²) in [5.74, 6) is -1.06. The summed E-state index contributed by atoms with van der Waals surface area (Å²) in [5.41, 5.74) is 1.98. The Labute approximate surface area is 127 Å². The van der Waals surface area contributed by atoms with Crippen molar-refractivity contribution in [3.05, 3.63) is 53.6 Å². The predicted octanol–water partition coefficient (Wildman–Crippen LogP) is 3.80. The zero-order chi connectivity index (χ0) is 15.4. The summed E-state index contributed by atoms with van der Waals surface area (Å²) in [6.07, 6.45) is 0. The zero-order valence-corrected chi connectivity index (χ0v) is 12.5. The van der Waals surface area contributed by atoms with Crippen molar-refractivity contribution in [3.63, 3.8) is 0 Å². The first-order valence-corrected chi connectivity index (χ1v) is 7.17. The number of carbonyl (C=O) groups is 2. The lowest BCUT2D eigenvalue weighted by atomic mass is 10.2. The molecule has 108 valence electrons. The molecule has 4 nitrogen and oxygen atoms in total. The summed E-state index contributed by atoms with van der Waals surface area (Å²) >= 11 is 1.39.